The van der Waals surface area contributed by atoms with Gasteiger partial charge in [-0.15, -0.1) is 0 Å². The van der Waals surface area contributed by atoms with E-state index in [1.54, 1.807) is 0 Å². The minimum atomic E-state index is -5.21. The molecule has 2 aromatic heterocycles. The van der Waals surface area contributed by atoms with Gasteiger partial charge in [0.15, 0.2) is 11.3 Å². The molecule has 0 aliphatic carbocycles. The Morgan fingerprint density at radius 1 is 1.29 bits per heavy atom. The molecule has 2 rings (SSSR count). The third-order valence-corrected chi connectivity index (χ3v) is 2.76. The fourth-order valence-corrected chi connectivity index (χ4v) is 1.64. The van der Waals surface area contributed by atoms with E-state index < -0.39 is 18.2 Å². The molecule has 12 heteroatoms. The summed E-state index contributed by atoms with van der Waals surface area (Å²) in [7, 11) is 1.13. The molecule has 132 valence electrons. The number of methoxy groups -OCH3 is 1. The molecule has 0 aromatic carbocycles. The van der Waals surface area contributed by atoms with E-state index in [1.807, 2.05) is 6.92 Å². The van der Waals surface area contributed by atoms with Crippen molar-refractivity contribution >= 4 is 23.0 Å². The van der Waals surface area contributed by atoms with Crippen LogP contribution in [0.4, 0.5) is 19.0 Å². The summed E-state index contributed by atoms with van der Waals surface area (Å²) in [5.74, 6) is -2.63. The van der Waals surface area contributed by atoms with Crippen molar-refractivity contribution in [2.75, 3.05) is 19.5 Å². The zero-order valence-electron chi connectivity index (χ0n) is 12.8. The Labute approximate surface area is 133 Å². The summed E-state index contributed by atoms with van der Waals surface area (Å²) in [5, 5.41) is 0. The predicted molar refractivity (Wildman–Crippen MR) is 74.3 cm³/mol. The minimum absolute atomic E-state index is 0.0929. The van der Waals surface area contributed by atoms with E-state index in [-0.39, 0.29) is 29.6 Å². The van der Waals surface area contributed by atoms with Crippen molar-refractivity contribution < 1.29 is 32.3 Å². The highest BCUT2D eigenvalue weighted by atomic mass is 19.4. The lowest BCUT2D eigenvalue weighted by molar-refractivity contribution is -0.199. The molecule has 0 saturated carbocycles. The van der Waals surface area contributed by atoms with Gasteiger partial charge in [0, 0.05) is 0 Å². The number of ether oxygens (including phenoxy) is 2. The molecule has 9 nitrogen and oxygen atoms in total. The van der Waals surface area contributed by atoms with Crippen molar-refractivity contribution in [3.8, 4) is 12.0 Å². The van der Waals surface area contributed by atoms with Gasteiger partial charge in [0.2, 0.25) is 5.65 Å². The molecule has 0 aliphatic heterocycles. The van der Waals surface area contributed by atoms with Crippen LogP contribution in [-0.2, 0) is 4.79 Å². The summed E-state index contributed by atoms with van der Waals surface area (Å²) in [6.45, 7) is 2.23. The number of hydrogen-bond acceptors (Lipinski definition) is 8. The Bertz CT molecular complexity index is 746. The van der Waals surface area contributed by atoms with E-state index in [9.17, 15) is 18.0 Å². The second-order valence-electron chi connectivity index (χ2n) is 4.54. The number of imidazole rings is 1. The molecule has 0 aliphatic rings. The van der Waals surface area contributed by atoms with Gasteiger partial charge >= 0.3 is 24.2 Å². The van der Waals surface area contributed by atoms with Gasteiger partial charge in [0.25, 0.3) is 0 Å². The number of alkyl halides is 3. The number of carbonyl (C=O) groups excluding carboxylic acids is 1. The van der Waals surface area contributed by atoms with Gasteiger partial charge in [-0.05, 0) is 6.42 Å². The second kappa shape index (κ2) is 6.76. The van der Waals surface area contributed by atoms with E-state index in [0.717, 1.165) is 13.5 Å². The van der Waals surface area contributed by atoms with Gasteiger partial charge in [0.05, 0.1) is 13.7 Å². The van der Waals surface area contributed by atoms with Crippen LogP contribution in [0.3, 0.4) is 0 Å². The van der Waals surface area contributed by atoms with Crippen LogP contribution in [0.15, 0.2) is 0 Å². The molecule has 2 N–H and O–H groups in total. The van der Waals surface area contributed by atoms with Crippen molar-refractivity contribution in [2.24, 2.45) is 0 Å². The Balaban J connectivity index is 2.45. The first-order valence-electron chi connectivity index (χ1n) is 6.80. The third kappa shape index (κ3) is 3.58. The Morgan fingerprint density at radius 2 is 2.00 bits per heavy atom. The largest absolute Gasteiger partial charge is 0.493 e. The van der Waals surface area contributed by atoms with Crippen LogP contribution >= 0.6 is 0 Å². The molecule has 0 spiro atoms. The number of aromatic nitrogens is 4. The molecular formula is C12H14F3N5O4. The van der Waals surface area contributed by atoms with Gasteiger partial charge in [0.1, 0.15) is 0 Å². The second-order valence-corrected chi connectivity index (χ2v) is 4.54. The molecule has 0 fully saturated rings. The molecule has 0 saturated heterocycles. The maximum Gasteiger partial charge on any atom is 0.493 e. The molecule has 0 atom stereocenters. The molecule has 2 heterocycles. The van der Waals surface area contributed by atoms with Gasteiger partial charge < -0.3 is 20.0 Å². The molecule has 0 amide bonds. The lowest BCUT2D eigenvalue weighted by Crippen LogP contribution is -2.33. The quantitative estimate of drug-likeness (QED) is 0.772. The SMILES string of the molecule is CCCCOc1nc(N)c2nc(OC)n(OC(=O)C(F)(F)F)c2n1. The third-order valence-electron chi connectivity index (χ3n) is 2.76. The Hall–Kier alpha value is -2.79. The van der Waals surface area contributed by atoms with Crippen LogP contribution in [0.1, 0.15) is 19.8 Å². The van der Waals surface area contributed by atoms with E-state index in [4.69, 9.17) is 15.2 Å². The van der Waals surface area contributed by atoms with Crippen molar-refractivity contribution in [3.05, 3.63) is 0 Å². The normalized spacial score (nSPS) is 11.5. The first-order valence-corrected chi connectivity index (χ1v) is 6.80. The minimum Gasteiger partial charge on any atom is -0.466 e. The van der Waals surface area contributed by atoms with Crippen molar-refractivity contribution in [3.63, 3.8) is 0 Å². The topological polar surface area (TPSA) is 114 Å². The summed E-state index contributed by atoms with van der Waals surface area (Å²) >= 11 is 0. The number of rotatable bonds is 6. The van der Waals surface area contributed by atoms with Gasteiger partial charge in [-0.3, -0.25) is 0 Å². The first kappa shape index (κ1) is 17.6. The van der Waals surface area contributed by atoms with E-state index in [0.29, 0.717) is 11.2 Å². The fourth-order valence-electron chi connectivity index (χ4n) is 1.64. The van der Waals surface area contributed by atoms with Crippen LogP contribution in [0, 0.1) is 0 Å². The average Bonchev–Trinajstić information content (AvgIpc) is 2.85. The maximum absolute atomic E-state index is 12.4. The van der Waals surface area contributed by atoms with Crippen LogP contribution in [0.2, 0.25) is 0 Å². The number of fused-ring (bicyclic) bond motifs is 1. The van der Waals surface area contributed by atoms with Crippen molar-refractivity contribution in [1.29, 1.82) is 0 Å². The summed E-state index contributed by atoms with van der Waals surface area (Å²) in [5.41, 5.74) is 5.31. The van der Waals surface area contributed by atoms with Gasteiger partial charge in [-0.25, -0.2) is 4.79 Å². The lowest BCUT2D eigenvalue weighted by Gasteiger charge is -2.09. The lowest BCUT2D eigenvalue weighted by atomic mass is 10.4. The number of hydrogen-bond donors (Lipinski definition) is 1. The molecular weight excluding hydrogens is 335 g/mol. The van der Waals surface area contributed by atoms with Crippen LogP contribution in [0.5, 0.6) is 12.0 Å². The van der Waals surface area contributed by atoms with Crippen molar-refractivity contribution in [2.45, 2.75) is 25.9 Å². The predicted octanol–water partition coefficient (Wildman–Crippen LogP) is 1.11. The zero-order valence-corrected chi connectivity index (χ0v) is 12.8. The Kier molecular flexibility index (Phi) is 4.95. The highest BCUT2D eigenvalue weighted by Gasteiger charge is 2.43. The smallest absolute Gasteiger partial charge is 0.466 e. The molecule has 0 bridgehead atoms. The molecule has 0 radical (unpaired) electrons. The molecule has 2 aromatic rings. The van der Waals surface area contributed by atoms with Crippen molar-refractivity contribution in [1.82, 2.24) is 19.7 Å². The standard InChI is InChI=1S/C12H14F3N5O4/c1-3-4-5-23-10-18-7(16)6-8(19-10)20(11(17-6)22-2)24-9(21)12(13,14)15/h3-5H2,1-2H3,(H2,16,18,19). The summed E-state index contributed by atoms with van der Waals surface area (Å²) < 4.78 is 47.7. The monoisotopic (exact) mass is 349 g/mol. The average molecular weight is 349 g/mol. The number of nitrogens with two attached hydrogens (primary N) is 1. The zero-order chi connectivity index (χ0) is 17.9. The highest BCUT2D eigenvalue weighted by Crippen LogP contribution is 2.25. The fraction of sp³-hybridized carbons (Fsp3) is 0.500. The first-order chi connectivity index (χ1) is 11.3. The van der Waals surface area contributed by atoms with Crippen LogP contribution in [-0.4, -0.2) is 45.5 Å². The van der Waals surface area contributed by atoms with Crippen LogP contribution < -0.4 is 20.0 Å². The highest BCUT2D eigenvalue weighted by molar-refractivity contribution is 5.84. The number of anilines is 1. The van der Waals surface area contributed by atoms with Gasteiger partial charge in [-0.1, -0.05) is 18.1 Å². The molecule has 24 heavy (non-hydrogen) atoms. The Morgan fingerprint density at radius 3 is 2.58 bits per heavy atom. The van der Waals surface area contributed by atoms with E-state index in [2.05, 4.69) is 19.8 Å². The number of nitrogens with zero attached hydrogens (tertiary/aromatic N) is 4. The van der Waals surface area contributed by atoms with Crippen LogP contribution in [0.25, 0.3) is 11.2 Å². The van der Waals surface area contributed by atoms with Gasteiger partial charge in [-0.2, -0.15) is 28.1 Å². The number of nitrogen functional groups attached to an aromatic ring is 1. The number of halogens is 3. The number of unbranched alkanes of at least 4 members (excludes halogenated alkanes) is 1. The molecule has 0 unspecified atom stereocenters. The maximum atomic E-state index is 12.4. The summed E-state index contributed by atoms with van der Waals surface area (Å²) in [4.78, 5) is 26.8. The van der Waals surface area contributed by atoms with E-state index >= 15 is 0 Å². The summed E-state index contributed by atoms with van der Waals surface area (Å²) in [6.07, 6.45) is -3.64. The summed E-state index contributed by atoms with van der Waals surface area (Å²) in [6, 6.07) is -0.630. The van der Waals surface area contributed by atoms with E-state index in [1.165, 1.54) is 0 Å². The number of carbonyl (C=O) groups is 1.